The molecule has 0 saturated heterocycles. The fourth-order valence-electron chi connectivity index (χ4n) is 2.11. The monoisotopic (exact) mass is 313 g/mol. The number of benzene rings is 1. The van der Waals surface area contributed by atoms with E-state index >= 15 is 0 Å². The molecule has 3 nitrogen and oxygen atoms in total. The summed E-state index contributed by atoms with van der Waals surface area (Å²) in [6.45, 7) is 2.05. The lowest BCUT2D eigenvalue weighted by Crippen LogP contribution is -2.17. The zero-order chi connectivity index (χ0) is 14.7. The normalized spacial score (nSPS) is 12.4. The molecule has 0 spiro atoms. The Morgan fingerprint density at radius 2 is 2.00 bits per heavy atom. The Bertz CT molecular complexity index is 596. The lowest BCUT2D eigenvalue weighted by Gasteiger charge is -2.17. The van der Waals surface area contributed by atoms with Crippen LogP contribution >= 0.6 is 23.2 Å². The van der Waals surface area contributed by atoms with Gasteiger partial charge in [0, 0.05) is 17.5 Å². The fraction of sp³-hybridized carbons (Fsp3) is 0.333. The molecule has 1 N–H and O–H groups in total. The molecule has 2 aromatic rings. The van der Waals surface area contributed by atoms with Crippen LogP contribution in [0.1, 0.15) is 30.0 Å². The Morgan fingerprint density at radius 3 is 2.55 bits per heavy atom. The van der Waals surface area contributed by atoms with Gasteiger partial charge in [-0.3, -0.25) is 0 Å². The molecule has 1 heterocycles. The molecule has 0 aliphatic carbocycles. The molecule has 0 radical (unpaired) electrons. The van der Waals surface area contributed by atoms with Gasteiger partial charge in [-0.1, -0.05) is 30.1 Å². The minimum atomic E-state index is -0.147. The van der Waals surface area contributed by atoms with E-state index in [0.29, 0.717) is 15.8 Å². The van der Waals surface area contributed by atoms with Crippen LogP contribution in [0.25, 0.3) is 0 Å². The predicted molar refractivity (Wildman–Crippen MR) is 82.0 cm³/mol. The first-order valence-corrected chi connectivity index (χ1v) is 7.15. The van der Waals surface area contributed by atoms with E-state index < -0.39 is 0 Å². The second kappa shape index (κ2) is 6.53. The maximum Gasteiger partial charge on any atom is 0.138 e. The highest BCUT2D eigenvalue weighted by Crippen LogP contribution is 2.36. The number of halogens is 2. The predicted octanol–water partition coefficient (Wildman–Crippen LogP) is 4.47. The Kier molecular flexibility index (Phi) is 4.97. The maximum absolute atomic E-state index is 6.32. The SMILES string of the molecule is CCc1ccc(C(NC)c2cc(Cl)c(OC)cc2Cl)o1. The van der Waals surface area contributed by atoms with Crippen molar-refractivity contribution >= 4 is 23.2 Å². The van der Waals surface area contributed by atoms with Crippen molar-refractivity contribution in [1.82, 2.24) is 5.32 Å². The number of furan rings is 1. The largest absolute Gasteiger partial charge is 0.495 e. The van der Waals surface area contributed by atoms with Crippen molar-refractivity contribution in [2.45, 2.75) is 19.4 Å². The van der Waals surface area contributed by atoms with Gasteiger partial charge >= 0.3 is 0 Å². The Morgan fingerprint density at radius 1 is 1.25 bits per heavy atom. The molecule has 0 aliphatic heterocycles. The van der Waals surface area contributed by atoms with Crippen molar-refractivity contribution in [2.75, 3.05) is 14.2 Å². The molecule has 20 heavy (non-hydrogen) atoms. The van der Waals surface area contributed by atoms with E-state index in [-0.39, 0.29) is 6.04 Å². The van der Waals surface area contributed by atoms with E-state index in [1.54, 1.807) is 19.2 Å². The van der Waals surface area contributed by atoms with Crippen LogP contribution in [-0.2, 0) is 6.42 Å². The van der Waals surface area contributed by atoms with Gasteiger partial charge in [-0.05, 0) is 30.8 Å². The van der Waals surface area contributed by atoms with Crippen molar-refractivity contribution in [3.05, 3.63) is 51.4 Å². The molecule has 108 valence electrons. The summed E-state index contributed by atoms with van der Waals surface area (Å²) in [5.41, 5.74) is 0.858. The van der Waals surface area contributed by atoms with Crippen LogP contribution in [0.2, 0.25) is 10.0 Å². The van der Waals surface area contributed by atoms with Crippen LogP contribution in [-0.4, -0.2) is 14.2 Å². The smallest absolute Gasteiger partial charge is 0.138 e. The van der Waals surface area contributed by atoms with Gasteiger partial charge in [0.05, 0.1) is 18.2 Å². The van der Waals surface area contributed by atoms with E-state index in [4.69, 9.17) is 32.4 Å². The summed E-state index contributed by atoms with van der Waals surface area (Å²) < 4.78 is 11.0. The quantitative estimate of drug-likeness (QED) is 0.884. The first-order chi connectivity index (χ1) is 9.60. The van der Waals surface area contributed by atoms with Gasteiger partial charge in [-0.2, -0.15) is 0 Å². The van der Waals surface area contributed by atoms with Crippen LogP contribution in [0, 0.1) is 0 Å². The summed E-state index contributed by atoms with van der Waals surface area (Å²) in [5.74, 6) is 2.31. The summed E-state index contributed by atoms with van der Waals surface area (Å²) in [7, 11) is 3.42. The Hall–Kier alpha value is -1.16. The minimum absolute atomic E-state index is 0.147. The van der Waals surface area contributed by atoms with Crippen molar-refractivity contribution in [3.8, 4) is 5.75 Å². The first-order valence-electron chi connectivity index (χ1n) is 6.39. The van der Waals surface area contributed by atoms with Crippen LogP contribution in [0.3, 0.4) is 0 Å². The van der Waals surface area contributed by atoms with Gasteiger partial charge in [-0.15, -0.1) is 0 Å². The maximum atomic E-state index is 6.32. The highest BCUT2D eigenvalue weighted by Gasteiger charge is 2.20. The van der Waals surface area contributed by atoms with Crippen LogP contribution in [0.4, 0.5) is 0 Å². The number of hydrogen-bond acceptors (Lipinski definition) is 3. The van der Waals surface area contributed by atoms with Crippen molar-refractivity contribution < 1.29 is 9.15 Å². The average molecular weight is 314 g/mol. The van der Waals surface area contributed by atoms with Gasteiger partial charge in [-0.25, -0.2) is 0 Å². The number of ether oxygens (including phenoxy) is 1. The van der Waals surface area contributed by atoms with Crippen LogP contribution in [0.15, 0.2) is 28.7 Å². The standard InChI is InChI=1S/C15H17Cl2NO2/c1-4-9-5-6-13(20-9)15(18-2)10-7-12(17)14(19-3)8-11(10)16/h5-8,15,18H,4H2,1-3H3. The first kappa shape index (κ1) is 15.2. The van der Waals surface area contributed by atoms with Crippen molar-refractivity contribution in [1.29, 1.82) is 0 Å². The molecule has 2 rings (SSSR count). The van der Waals surface area contributed by atoms with E-state index in [1.165, 1.54) is 0 Å². The second-order valence-corrected chi connectivity index (χ2v) is 5.20. The number of hydrogen-bond donors (Lipinski definition) is 1. The topological polar surface area (TPSA) is 34.4 Å². The zero-order valence-corrected chi connectivity index (χ0v) is 13.2. The molecule has 0 amide bonds. The van der Waals surface area contributed by atoms with Gasteiger partial charge in [0.15, 0.2) is 0 Å². The van der Waals surface area contributed by atoms with Crippen LogP contribution < -0.4 is 10.1 Å². The lowest BCUT2D eigenvalue weighted by molar-refractivity contribution is 0.413. The third-order valence-electron chi connectivity index (χ3n) is 3.19. The van der Waals surface area contributed by atoms with Crippen molar-refractivity contribution in [3.63, 3.8) is 0 Å². The number of nitrogens with one attached hydrogen (secondary N) is 1. The highest BCUT2D eigenvalue weighted by atomic mass is 35.5. The van der Waals surface area contributed by atoms with Gasteiger partial charge in [0.1, 0.15) is 17.3 Å². The van der Waals surface area contributed by atoms with Gasteiger partial charge in [0.2, 0.25) is 0 Å². The van der Waals surface area contributed by atoms with E-state index in [9.17, 15) is 0 Å². The van der Waals surface area contributed by atoms with Crippen molar-refractivity contribution in [2.24, 2.45) is 0 Å². The highest BCUT2D eigenvalue weighted by molar-refractivity contribution is 6.34. The summed E-state index contributed by atoms with van der Waals surface area (Å²) in [6.07, 6.45) is 0.855. The third-order valence-corrected chi connectivity index (χ3v) is 3.81. The number of rotatable bonds is 5. The molecule has 0 aliphatic rings. The Balaban J connectivity index is 2.43. The molecule has 1 unspecified atom stereocenters. The molecule has 1 atom stereocenters. The second-order valence-electron chi connectivity index (χ2n) is 4.39. The molecule has 0 saturated carbocycles. The van der Waals surface area contributed by atoms with E-state index in [0.717, 1.165) is 23.5 Å². The van der Waals surface area contributed by atoms with E-state index in [1.807, 2.05) is 26.1 Å². The third kappa shape index (κ3) is 2.95. The lowest BCUT2D eigenvalue weighted by atomic mass is 10.0. The number of methoxy groups -OCH3 is 1. The van der Waals surface area contributed by atoms with Crippen LogP contribution in [0.5, 0.6) is 5.75 Å². The fourth-order valence-corrected chi connectivity index (χ4v) is 2.62. The molecule has 1 aromatic carbocycles. The summed E-state index contributed by atoms with van der Waals surface area (Å²) >= 11 is 12.5. The summed E-state index contributed by atoms with van der Waals surface area (Å²) in [4.78, 5) is 0. The van der Waals surface area contributed by atoms with Gasteiger partial charge in [0.25, 0.3) is 0 Å². The Labute approximate surface area is 128 Å². The molecular formula is C15H17Cl2NO2. The molecule has 1 aromatic heterocycles. The summed E-state index contributed by atoms with van der Waals surface area (Å²) in [5, 5.41) is 4.31. The minimum Gasteiger partial charge on any atom is -0.495 e. The molecule has 0 fully saturated rings. The molecular weight excluding hydrogens is 297 g/mol. The molecule has 0 bridgehead atoms. The molecule has 5 heteroatoms. The van der Waals surface area contributed by atoms with E-state index in [2.05, 4.69) is 5.32 Å². The summed E-state index contributed by atoms with van der Waals surface area (Å²) in [6, 6.07) is 7.30. The average Bonchev–Trinajstić information content (AvgIpc) is 2.91. The van der Waals surface area contributed by atoms with Gasteiger partial charge < -0.3 is 14.5 Å². The zero-order valence-electron chi connectivity index (χ0n) is 11.7. The number of aryl methyl sites for hydroxylation is 1.